The van der Waals surface area contributed by atoms with Crippen LogP contribution >= 0.6 is 0 Å². The standard InChI is InChI=1S/C56H31F7N4/c1-32-5-3-6-36(25-32)46-27-39(57)29-48(59)54(46)67(43-19-15-41(65-2)16-20-43)51-24-14-35-11-21-44-50(23-13-34-12-22-45(51)53(35)52(34)44)66(42-17-9-33(31-64)10-18-42)55-47(28-40(58)30-49(55)60)37-7-4-8-38(26-37)56(61,62)63/h3-30H,1H3. The molecular weight excluding hydrogens is 862 g/mol. The van der Waals surface area contributed by atoms with Crippen LogP contribution in [0, 0.1) is 48.1 Å². The van der Waals surface area contributed by atoms with Gasteiger partial charge in [-0.3, -0.25) is 0 Å². The van der Waals surface area contributed by atoms with Crippen molar-refractivity contribution in [1.29, 1.82) is 5.26 Å². The molecule has 324 valence electrons. The lowest BCUT2D eigenvalue weighted by molar-refractivity contribution is -0.137. The number of anilines is 6. The highest BCUT2D eigenvalue weighted by Gasteiger charge is 2.32. The molecule has 11 heteroatoms. The van der Waals surface area contributed by atoms with Crippen LogP contribution in [-0.2, 0) is 6.18 Å². The number of nitriles is 1. The summed E-state index contributed by atoms with van der Waals surface area (Å²) in [4.78, 5) is 6.75. The van der Waals surface area contributed by atoms with Crippen LogP contribution in [0.1, 0.15) is 16.7 Å². The Hall–Kier alpha value is -8.67. The van der Waals surface area contributed by atoms with Crippen LogP contribution in [0.3, 0.4) is 0 Å². The van der Waals surface area contributed by atoms with Crippen molar-refractivity contribution < 1.29 is 30.7 Å². The minimum Gasteiger partial charge on any atom is -0.307 e. The lowest BCUT2D eigenvalue weighted by atomic mass is 9.91. The molecule has 0 unspecified atom stereocenters. The molecule has 67 heavy (non-hydrogen) atoms. The van der Waals surface area contributed by atoms with Crippen molar-refractivity contribution in [2.45, 2.75) is 13.1 Å². The maximum Gasteiger partial charge on any atom is 0.416 e. The van der Waals surface area contributed by atoms with Crippen molar-refractivity contribution in [1.82, 2.24) is 0 Å². The van der Waals surface area contributed by atoms with Gasteiger partial charge in [-0.05, 0) is 112 Å². The third kappa shape index (κ3) is 7.47. The molecule has 10 rings (SSSR count). The molecule has 0 aromatic heterocycles. The Bertz CT molecular complexity index is 3660. The maximum atomic E-state index is 16.8. The van der Waals surface area contributed by atoms with Gasteiger partial charge in [0, 0.05) is 45.4 Å². The van der Waals surface area contributed by atoms with Crippen LogP contribution in [0.4, 0.5) is 70.5 Å². The number of alkyl halides is 3. The Balaban J connectivity index is 1.27. The number of aryl methyl sites for hydroxylation is 1. The molecule has 0 aliphatic rings. The molecule has 0 radical (unpaired) electrons. The largest absolute Gasteiger partial charge is 0.416 e. The molecule has 0 amide bonds. The lowest BCUT2D eigenvalue weighted by Gasteiger charge is -2.31. The first-order chi connectivity index (χ1) is 32.3. The molecule has 0 spiro atoms. The maximum absolute atomic E-state index is 16.8. The summed E-state index contributed by atoms with van der Waals surface area (Å²) in [7, 11) is 0. The number of halogens is 7. The van der Waals surface area contributed by atoms with Gasteiger partial charge in [-0.25, -0.2) is 22.4 Å². The second kappa shape index (κ2) is 16.4. The van der Waals surface area contributed by atoms with Gasteiger partial charge in [-0.15, -0.1) is 0 Å². The molecule has 0 aliphatic carbocycles. The Labute approximate surface area is 379 Å². The first-order valence-electron chi connectivity index (χ1n) is 20.8. The minimum atomic E-state index is -4.75. The molecule has 0 N–H and O–H groups in total. The summed E-state index contributed by atoms with van der Waals surface area (Å²) in [5.74, 6) is -3.68. The molecule has 10 aromatic carbocycles. The third-order valence-electron chi connectivity index (χ3n) is 11.9. The fourth-order valence-electron chi connectivity index (χ4n) is 9.00. The summed E-state index contributed by atoms with van der Waals surface area (Å²) in [5.41, 5.74) is 2.58. The van der Waals surface area contributed by atoms with Crippen LogP contribution in [0.2, 0.25) is 0 Å². The summed E-state index contributed by atoms with van der Waals surface area (Å²) in [5, 5.41) is 13.8. The minimum absolute atomic E-state index is 0.0548. The molecule has 0 saturated carbocycles. The summed E-state index contributed by atoms with van der Waals surface area (Å²) in [6.45, 7) is 9.48. The van der Waals surface area contributed by atoms with Gasteiger partial charge in [-0.1, -0.05) is 90.5 Å². The zero-order chi connectivity index (χ0) is 46.7. The fourth-order valence-corrected chi connectivity index (χ4v) is 9.00. The molecule has 0 saturated heterocycles. The van der Waals surface area contributed by atoms with E-state index in [0.29, 0.717) is 67.2 Å². The lowest BCUT2D eigenvalue weighted by Crippen LogP contribution is -2.15. The number of hydrogen-bond donors (Lipinski definition) is 0. The highest BCUT2D eigenvalue weighted by Crippen LogP contribution is 2.51. The summed E-state index contributed by atoms with van der Waals surface area (Å²) in [6.07, 6.45) is -4.75. The van der Waals surface area contributed by atoms with Crippen molar-refractivity contribution in [3.05, 3.63) is 221 Å². The zero-order valence-electron chi connectivity index (χ0n) is 35.1. The van der Waals surface area contributed by atoms with Crippen molar-refractivity contribution >= 4 is 72.1 Å². The topological polar surface area (TPSA) is 34.6 Å². The number of rotatable bonds is 8. The van der Waals surface area contributed by atoms with E-state index >= 15 is 17.6 Å². The van der Waals surface area contributed by atoms with Gasteiger partial charge < -0.3 is 9.80 Å². The normalized spacial score (nSPS) is 11.6. The number of nitrogens with zero attached hydrogens (tertiary/aromatic N) is 4. The summed E-state index contributed by atoms with van der Waals surface area (Å²) < 4.78 is 107. The van der Waals surface area contributed by atoms with Crippen LogP contribution < -0.4 is 9.80 Å². The summed E-state index contributed by atoms with van der Waals surface area (Å²) >= 11 is 0. The van der Waals surface area contributed by atoms with E-state index in [1.807, 2.05) is 67.6 Å². The van der Waals surface area contributed by atoms with Gasteiger partial charge in [0.05, 0.1) is 46.5 Å². The monoisotopic (exact) mass is 892 g/mol. The number of benzene rings is 10. The van der Waals surface area contributed by atoms with E-state index in [9.17, 15) is 18.4 Å². The molecule has 0 fully saturated rings. The van der Waals surface area contributed by atoms with Gasteiger partial charge in [-0.2, -0.15) is 18.4 Å². The highest BCUT2D eigenvalue weighted by molar-refractivity contribution is 6.28. The average Bonchev–Trinajstić information content (AvgIpc) is 3.32. The number of hydrogen-bond acceptors (Lipinski definition) is 3. The quantitative estimate of drug-likeness (QED) is 0.0866. The van der Waals surface area contributed by atoms with Gasteiger partial charge in [0.2, 0.25) is 0 Å². The van der Waals surface area contributed by atoms with Crippen LogP contribution in [0.15, 0.2) is 170 Å². The highest BCUT2D eigenvalue weighted by atomic mass is 19.4. The molecule has 0 atom stereocenters. The second-order valence-electron chi connectivity index (χ2n) is 16.1. The van der Waals surface area contributed by atoms with E-state index < -0.39 is 35.0 Å². The summed E-state index contributed by atoms with van der Waals surface area (Å²) in [6, 6.07) is 45.0. The van der Waals surface area contributed by atoms with Crippen molar-refractivity contribution in [3.8, 4) is 28.3 Å². The Morgan fingerprint density at radius 2 is 1.01 bits per heavy atom. The SMILES string of the molecule is [C-]#[N+]c1ccc(N(c2c(F)cc(F)cc2-c2cccc(C)c2)c2ccc3ccc4c(N(c5ccc(C#N)cc5)c5c(F)cc(F)cc5-c5cccc(C(F)(F)F)c5)ccc5ccc2c3c54)cc1. The first kappa shape index (κ1) is 42.3. The van der Waals surface area contributed by atoms with E-state index in [2.05, 4.69) is 10.9 Å². The van der Waals surface area contributed by atoms with Gasteiger partial charge >= 0.3 is 6.18 Å². The first-order valence-corrected chi connectivity index (χ1v) is 20.8. The fraction of sp³-hybridized carbons (Fsp3) is 0.0357. The Kier molecular flexibility index (Phi) is 10.3. The van der Waals surface area contributed by atoms with Crippen molar-refractivity contribution in [3.63, 3.8) is 0 Å². The van der Waals surface area contributed by atoms with E-state index in [-0.39, 0.29) is 28.1 Å². The van der Waals surface area contributed by atoms with Gasteiger partial charge in [0.25, 0.3) is 0 Å². The van der Waals surface area contributed by atoms with Gasteiger partial charge in [0.1, 0.15) is 11.6 Å². The average molecular weight is 893 g/mol. The van der Waals surface area contributed by atoms with E-state index in [1.165, 1.54) is 35.2 Å². The molecule has 10 aromatic rings. The zero-order valence-corrected chi connectivity index (χ0v) is 35.1. The van der Waals surface area contributed by atoms with Crippen LogP contribution in [0.5, 0.6) is 0 Å². The van der Waals surface area contributed by atoms with Crippen LogP contribution in [0.25, 0.3) is 59.4 Å². The van der Waals surface area contributed by atoms with Crippen LogP contribution in [-0.4, -0.2) is 0 Å². The molecule has 0 bridgehead atoms. The third-order valence-corrected chi connectivity index (χ3v) is 11.9. The Morgan fingerprint density at radius 3 is 1.49 bits per heavy atom. The Morgan fingerprint density at radius 1 is 0.537 bits per heavy atom. The smallest absolute Gasteiger partial charge is 0.307 e. The van der Waals surface area contributed by atoms with Crippen molar-refractivity contribution in [2.24, 2.45) is 0 Å². The van der Waals surface area contributed by atoms with E-state index in [1.54, 1.807) is 53.4 Å². The van der Waals surface area contributed by atoms with E-state index in [0.717, 1.165) is 40.6 Å². The second-order valence-corrected chi connectivity index (χ2v) is 16.1. The van der Waals surface area contributed by atoms with Gasteiger partial charge in [0.15, 0.2) is 17.3 Å². The molecular formula is C56H31F7N4. The predicted molar refractivity (Wildman–Crippen MR) is 251 cm³/mol. The predicted octanol–water partition coefficient (Wildman–Crippen LogP) is 17.2. The van der Waals surface area contributed by atoms with E-state index in [4.69, 9.17) is 6.57 Å². The molecule has 4 nitrogen and oxygen atoms in total. The van der Waals surface area contributed by atoms with Crippen molar-refractivity contribution in [2.75, 3.05) is 9.80 Å². The molecule has 0 aliphatic heterocycles. The molecule has 0 heterocycles.